The van der Waals surface area contributed by atoms with Crippen LogP contribution in [0.15, 0.2) is 71.6 Å². The molecular formula is C31H35F2NO5S. The van der Waals surface area contributed by atoms with Gasteiger partial charge in [-0.2, -0.15) is 0 Å². The van der Waals surface area contributed by atoms with Crippen LogP contribution in [-0.2, 0) is 21.2 Å². The summed E-state index contributed by atoms with van der Waals surface area (Å²) in [5, 5.41) is 0. The molecule has 0 saturated carbocycles. The zero-order valence-corrected chi connectivity index (χ0v) is 23.6. The normalized spacial score (nSPS) is 21.6. The van der Waals surface area contributed by atoms with Crippen LogP contribution >= 0.6 is 0 Å². The van der Waals surface area contributed by atoms with Gasteiger partial charge in [-0.3, -0.25) is 0 Å². The van der Waals surface area contributed by atoms with Crippen molar-refractivity contribution in [2.75, 3.05) is 13.2 Å². The van der Waals surface area contributed by atoms with Crippen molar-refractivity contribution in [3.8, 4) is 11.5 Å². The van der Waals surface area contributed by atoms with Crippen LogP contribution in [-0.4, -0.2) is 33.3 Å². The van der Waals surface area contributed by atoms with Crippen molar-refractivity contribution in [3.63, 3.8) is 0 Å². The van der Waals surface area contributed by atoms with Crippen LogP contribution in [0.5, 0.6) is 11.5 Å². The van der Waals surface area contributed by atoms with E-state index in [1.807, 2.05) is 30.3 Å². The van der Waals surface area contributed by atoms with Crippen LogP contribution in [0, 0.1) is 17.6 Å². The number of hydrogen-bond donors (Lipinski definition) is 1. The molecule has 214 valence electrons. The third-order valence-electron chi connectivity index (χ3n) is 7.74. The molecule has 0 amide bonds. The molecular weight excluding hydrogens is 536 g/mol. The summed E-state index contributed by atoms with van der Waals surface area (Å²) in [5.74, 6) is 0.884. The summed E-state index contributed by atoms with van der Waals surface area (Å²) in [6, 6.07) is 17.1. The number of fused-ring (bicyclic) bond motifs is 3. The number of halogens is 2. The molecule has 1 saturated heterocycles. The van der Waals surface area contributed by atoms with Gasteiger partial charge in [-0.1, -0.05) is 12.1 Å². The molecule has 2 aliphatic rings. The summed E-state index contributed by atoms with van der Waals surface area (Å²) in [4.78, 5) is 0.0187. The van der Waals surface area contributed by atoms with Crippen molar-refractivity contribution in [1.82, 2.24) is 4.72 Å². The SMILES string of the molecule is CC1(C)Oc2cc(OCCCNS(=O)(=O)c3ccc(F)cc3)ccc2[C@@H]2O[C@H](CCc3ccc(F)cc3)CC[C@H]21. The highest BCUT2D eigenvalue weighted by Crippen LogP contribution is 2.51. The van der Waals surface area contributed by atoms with Crippen LogP contribution in [0.2, 0.25) is 0 Å². The molecule has 2 heterocycles. The van der Waals surface area contributed by atoms with E-state index >= 15 is 0 Å². The molecule has 0 bridgehead atoms. The molecule has 0 aliphatic carbocycles. The van der Waals surface area contributed by atoms with Crippen molar-refractivity contribution in [2.45, 2.75) is 68.7 Å². The van der Waals surface area contributed by atoms with E-state index in [0.717, 1.165) is 54.7 Å². The van der Waals surface area contributed by atoms with Gasteiger partial charge in [0.2, 0.25) is 10.0 Å². The molecule has 3 atom stereocenters. The average Bonchev–Trinajstić information content (AvgIpc) is 2.92. The molecule has 2 aliphatic heterocycles. The molecule has 0 unspecified atom stereocenters. The average molecular weight is 572 g/mol. The standard InChI is InChI=1S/C31H35F2NO5S/c1-31(2)28-17-13-24(11-6-21-4-7-22(32)8-5-21)38-30(28)27-16-12-25(20-29(27)39-31)37-19-3-18-34-40(35,36)26-14-9-23(33)10-15-26/h4-5,7-10,12,14-16,20,24,28,30,34H,3,6,11,13,17-19H2,1-2H3/t24-,28-,30+/m1/s1. The van der Waals surface area contributed by atoms with Gasteiger partial charge in [0, 0.05) is 24.1 Å². The molecule has 3 aromatic carbocycles. The summed E-state index contributed by atoms with van der Waals surface area (Å²) in [7, 11) is -3.71. The highest BCUT2D eigenvalue weighted by molar-refractivity contribution is 7.89. The molecule has 1 N–H and O–H groups in total. The van der Waals surface area contributed by atoms with Gasteiger partial charge in [0.05, 0.1) is 23.7 Å². The van der Waals surface area contributed by atoms with Gasteiger partial charge in [0.25, 0.3) is 0 Å². The fourth-order valence-electron chi connectivity index (χ4n) is 5.53. The Morgan fingerprint density at radius 3 is 2.40 bits per heavy atom. The minimum Gasteiger partial charge on any atom is -0.493 e. The topological polar surface area (TPSA) is 73.9 Å². The minimum atomic E-state index is -3.71. The summed E-state index contributed by atoms with van der Waals surface area (Å²) in [6.45, 7) is 4.68. The van der Waals surface area contributed by atoms with Gasteiger partial charge in [0.15, 0.2) is 0 Å². The van der Waals surface area contributed by atoms with Gasteiger partial charge in [0.1, 0.15) is 28.7 Å². The lowest BCUT2D eigenvalue weighted by Crippen LogP contribution is -2.48. The zero-order valence-electron chi connectivity index (χ0n) is 22.7. The van der Waals surface area contributed by atoms with Gasteiger partial charge in [-0.25, -0.2) is 21.9 Å². The maximum absolute atomic E-state index is 13.2. The first kappa shape index (κ1) is 28.5. The number of sulfonamides is 1. The van der Waals surface area contributed by atoms with Gasteiger partial charge >= 0.3 is 0 Å². The van der Waals surface area contributed by atoms with Crippen LogP contribution < -0.4 is 14.2 Å². The number of nitrogens with one attached hydrogen (secondary N) is 1. The number of ether oxygens (including phenoxy) is 3. The predicted octanol–water partition coefficient (Wildman–Crippen LogP) is 6.35. The third kappa shape index (κ3) is 6.65. The van der Waals surface area contributed by atoms with Crippen molar-refractivity contribution >= 4 is 10.0 Å². The third-order valence-corrected chi connectivity index (χ3v) is 9.21. The molecule has 1 fully saturated rings. The predicted molar refractivity (Wildman–Crippen MR) is 148 cm³/mol. The van der Waals surface area contributed by atoms with E-state index in [4.69, 9.17) is 14.2 Å². The number of aryl methyl sites for hydroxylation is 1. The van der Waals surface area contributed by atoms with Crippen molar-refractivity contribution < 1.29 is 31.4 Å². The lowest BCUT2D eigenvalue weighted by Gasteiger charge is -2.48. The first-order valence-electron chi connectivity index (χ1n) is 13.7. The lowest BCUT2D eigenvalue weighted by atomic mass is 9.75. The molecule has 0 aromatic heterocycles. The van der Waals surface area contributed by atoms with Crippen LogP contribution in [0.25, 0.3) is 0 Å². The first-order valence-corrected chi connectivity index (χ1v) is 15.2. The number of benzene rings is 3. The van der Waals surface area contributed by atoms with E-state index in [-0.39, 0.29) is 35.4 Å². The van der Waals surface area contributed by atoms with Crippen LogP contribution in [0.4, 0.5) is 8.78 Å². The Kier molecular flexibility index (Phi) is 8.44. The number of rotatable bonds is 10. The molecule has 3 aromatic rings. The Hall–Kier alpha value is -3.01. The summed E-state index contributed by atoms with van der Waals surface area (Å²) in [6.07, 6.45) is 4.14. The molecule has 6 nitrogen and oxygen atoms in total. The largest absolute Gasteiger partial charge is 0.493 e. The second kappa shape index (κ2) is 11.8. The fraction of sp³-hybridized carbons (Fsp3) is 0.419. The second-order valence-electron chi connectivity index (χ2n) is 11.0. The van der Waals surface area contributed by atoms with Crippen molar-refractivity contribution in [2.24, 2.45) is 5.92 Å². The molecule has 9 heteroatoms. The Morgan fingerprint density at radius 1 is 0.975 bits per heavy atom. The quantitative estimate of drug-likeness (QED) is 0.287. The van der Waals surface area contributed by atoms with Gasteiger partial charge in [-0.15, -0.1) is 0 Å². The number of hydrogen-bond acceptors (Lipinski definition) is 5. The van der Waals surface area contributed by atoms with E-state index in [1.54, 1.807) is 0 Å². The Bertz CT molecular complexity index is 1410. The summed E-state index contributed by atoms with van der Waals surface area (Å²) in [5.41, 5.74) is 1.71. The summed E-state index contributed by atoms with van der Waals surface area (Å²) < 4.78 is 72.5. The van der Waals surface area contributed by atoms with E-state index in [0.29, 0.717) is 18.8 Å². The smallest absolute Gasteiger partial charge is 0.240 e. The van der Waals surface area contributed by atoms with Gasteiger partial charge < -0.3 is 14.2 Å². The molecule has 0 radical (unpaired) electrons. The van der Waals surface area contributed by atoms with Crippen LogP contribution in [0.3, 0.4) is 0 Å². The fourth-order valence-corrected chi connectivity index (χ4v) is 6.61. The van der Waals surface area contributed by atoms with E-state index in [9.17, 15) is 17.2 Å². The highest BCUT2D eigenvalue weighted by Gasteiger charge is 2.47. The maximum Gasteiger partial charge on any atom is 0.240 e. The highest BCUT2D eigenvalue weighted by atomic mass is 32.2. The monoisotopic (exact) mass is 571 g/mol. The van der Waals surface area contributed by atoms with E-state index in [2.05, 4.69) is 18.6 Å². The van der Waals surface area contributed by atoms with Crippen molar-refractivity contribution in [1.29, 1.82) is 0 Å². The van der Waals surface area contributed by atoms with Gasteiger partial charge in [-0.05, 0) is 100 Å². The summed E-state index contributed by atoms with van der Waals surface area (Å²) >= 11 is 0. The van der Waals surface area contributed by atoms with E-state index in [1.165, 1.54) is 24.3 Å². The van der Waals surface area contributed by atoms with E-state index < -0.39 is 21.4 Å². The molecule has 40 heavy (non-hydrogen) atoms. The Morgan fingerprint density at radius 2 is 1.68 bits per heavy atom. The minimum absolute atomic E-state index is 0.0187. The second-order valence-corrected chi connectivity index (χ2v) is 12.8. The Labute approximate surface area is 234 Å². The molecule has 5 rings (SSSR count). The maximum atomic E-state index is 13.2. The Balaban J connectivity index is 1.16. The molecule has 0 spiro atoms. The first-order chi connectivity index (χ1) is 19.1. The van der Waals surface area contributed by atoms with Crippen LogP contribution in [0.1, 0.15) is 56.8 Å². The lowest BCUT2D eigenvalue weighted by molar-refractivity contribution is -0.150. The van der Waals surface area contributed by atoms with Crippen molar-refractivity contribution in [3.05, 3.63) is 89.5 Å². The zero-order chi connectivity index (χ0) is 28.3.